The Morgan fingerprint density at radius 2 is 1.97 bits per heavy atom. The number of carbonyl (C=O) groups excluding carboxylic acids is 1. The predicted octanol–water partition coefficient (Wildman–Crippen LogP) is 4.50. The van der Waals surface area contributed by atoms with Crippen molar-refractivity contribution in [2.75, 3.05) is 5.32 Å². The maximum Gasteiger partial charge on any atom is 0.436 e. The number of hydrogen-bond acceptors (Lipinski definition) is 4. The van der Waals surface area contributed by atoms with Crippen molar-refractivity contribution in [3.05, 3.63) is 57.3 Å². The molecule has 1 amide bonds. The van der Waals surface area contributed by atoms with Gasteiger partial charge in [-0.2, -0.15) is 18.3 Å². The smallest absolute Gasteiger partial charge is 0.291 e. The average Bonchev–Trinajstić information content (AvgIpc) is 3.21. The van der Waals surface area contributed by atoms with Gasteiger partial charge in [0.2, 0.25) is 5.95 Å². The van der Waals surface area contributed by atoms with Gasteiger partial charge in [0.25, 0.3) is 5.91 Å². The summed E-state index contributed by atoms with van der Waals surface area (Å²) < 4.78 is 54.3. The fraction of sp³-hybridized carbons (Fsp3) is 0.294. The molecule has 1 aromatic carbocycles. The Balaban J connectivity index is 1.72. The fourth-order valence-electron chi connectivity index (χ4n) is 2.64. The van der Waals surface area contributed by atoms with Crippen LogP contribution in [0.1, 0.15) is 29.9 Å². The quantitative estimate of drug-likeness (QED) is 0.564. The zero-order chi connectivity index (χ0) is 22.2. The van der Waals surface area contributed by atoms with E-state index in [4.69, 9.17) is 23.2 Å². The van der Waals surface area contributed by atoms with Gasteiger partial charge >= 0.3 is 6.18 Å². The number of anilines is 1. The first-order chi connectivity index (χ1) is 14.0. The molecular weight excluding hydrogens is 451 g/mol. The van der Waals surface area contributed by atoms with Crippen LogP contribution < -0.4 is 5.32 Å². The Kier molecular flexibility index (Phi) is 6.04. The number of carbonyl (C=O) groups is 1. The van der Waals surface area contributed by atoms with Gasteiger partial charge in [-0.1, -0.05) is 29.3 Å². The van der Waals surface area contributed by atoms with Gasteiger partial charge in [-0.05, 0) is 31.5 Å². The van der Waals surface area contributed by atoms with Crippen LogP contribution in [0.3, 0.4) is 0 Å². The number of nitrogens with one attached hydrogen (secondary N) is 1. The summed E-state index contributed by atoms with van der Waals surface area (Å²) in [6, 6.07) is 2.78. The molecule has 13 heteroatoms. The summed E-state index contributed by atoms with van der Waals surface area (Å²) in [4.78, 5) is 16.4. The summed E-state index contributed by atoms with van der Waals surface area (Å²) in [5.41, 5.74) is -0.688. The Labute approximate surface area is 177 Å². The van der Waals surface area contributed by atoms with Crippen molar-refractivity contribution >= 4 is 35.1 Å². The second-order valence-electron chi connectivity index (χ2n) is 6.36. The molecule has 0 aliphatic carbocycles. The normalized spacial score (nSPS) is 12.8. The lowest BCUT2D eigenvalue weighted by molar-refractivity contribution is -0.141. The van der Waals surface area contributed by atoms with E-state index in [0.717, 1.165) is 10.7 Å². The van der Waals surface area contributed by atoms with Gasteiger partial charge in [0.05, 0.1) is 17.3 Å². The average molecular weight is 465 g/mol. The summed E-state index contributed by atoms with van der Waals surface area (Å²) in [7, 11) is 0. The first kappa shape index (κ1) is 22.0. The van der Waals surface area contributed by atoms with E-state index < -0.39 is 34.7 Å². The van der Waals surface area contributed by atoms with Crippen LogP contribution in [0.25, 0.3) is 0 Å². The van der Waals surface area contributed by atoms with Crippen LogP contribution in [0.4, 0.5) is 23.5 Å². The van der Waals surface area contributed by atoms with Gasteiger partial charge < -0.3 is 0 Å². The summed E-state index contributed by atoms with van der Waals surface area (Å²) >= 11 is 11.7. The van der Waals surface area contributed by atoms with Crippen molar-refractivity contribution in [1.29, 1.82) is 0 Å². The highest BCUT2D eigenvalue weighted by atomic mass is 35.5. The molecule has 3 rings (SSSR count). The third-order valence-electron chi connectivity index (χ3n) is 4.21. The Morgan fingerprint density at radius 3 is 2.57 bits per heavy atom. The van der Waals surface area contributed by atoms with Gasteiger partial charge in [0.1, 0.15) is 18.2 Å². The monoisotopic (exact) mass is 464 g/mol. The number of hydrogen-bond donors (Lipinski definition) is 1. The van der Waals surface area contributed by atoms with Crippen LogP contribution in [-0.2, 0) is 17.5 Å². The minimum atomic E-state index is -4.74. The Hall–Kier alpha value is -2.66. The lowest BCUT2D eigenvalue weighted by Crippen LogP contribution is -2.26. The van der Waals surface area contributed by atoms with Gasteiger partial charge in [0, 0.05) is 5.02 Å². The number of alkyl halides is 3. The minimum Gasteiger partial charge on any atom is -0.291 e. The molecule has 2 heterocycles. The van der Waals surface area contributed by atoms with Crippen LogP contribution in [0, 0.1) is 12.7 Å². The van der Waals surface area contributed by atoms with Crippen molar-refractivity contribution in [2.24, 2.45) is 0 Å². The number of rotatable bonds is 5. The maximum atomic E-state index is 13.1. The molecule has 0 saturated heterocycles. The molecule has 0 bridgehead atoms. The molecule has 30 heavy (non-hydrogen) atoms. The largest absolute Gasteiger partial charge is 0.436 e. The highest BCUT2D eigenvalue weighted by Crippen LogP contribution is 2.36. The van der Waals surface area contributed by atoms with E-state index in [2.05, 4.69) is 20.5 Å². The fourth-order valence-corrected chi connectivity index (χ4v) is 3.09. The Bertz CT molecular complexity index is 1090. The van der Waals surface area contributed by atoms with Crippen molar-refractivity contribution in [3.63, 3.8) is 0 Å². The maximum absolute atomic E-state index is 13.1. The molecule has 0 aliphatic heterocycles. The molecule has 1 atom stereocenters. The molecule has 160 valence electrons. The zero-order valence-corrected chi connectivity index (χ0v) is 17.0. The number of amides is 1. The second-order valence-corrected chi connectivity index (χ2v) is 7.14. The molecule has 0 aliphatic rings. The Morgan fingerprint density at radius 1 is 1.27 bits per heavy atom. The zero-order valence-electron chi connectivity index (χ0n) is 15.5. The van der Waals surface area contributed by atoms with Crippen molar-refractivity contribution in [2.45, 2.75) is 32.6 Å². The van der Waals surface area contributed by atoms with Crippen molar-refractivity contribution in [1.82, 2.24) is 24.5 Å². The minimum absolute atomic E-state index is 0.00363. The van der Waals surface area contributed by atoms with Gasteiger partial charge in [-0.25, -0.2) is 14.1 Å². The van der Waals surface area contributed by atoms with Gasteiger partial charge in [0.15, 0.2) is 5.69 Å². The molecule has 7 nitrogen and oxygen atoms in total. The molecule has 0 spiro atoms. The van der Waals surface area contributed by atoms with E-state index in [-0.39, 0.29) is 23.2 Å². The number of nitrogens with zero attached hydrogens (tertiary/aromatic N) is 5. The first-order valence-corrected chi connectivity index (χ1v) is 9.19. The lowest BCUT2D eigenvalue weighted by atomic mass is 10.2. The lowest BCUT2D eigenvalue weighted by Gasteiger charge is -2.13. The van der Waals surface area contributed by atoms with E-state index >= 15 is 0 Å². The van der Waals surface area contributed by atoms with Crippen molar-refractivity contribution in [3.8, 4) is 0 Å². The molecule has 1 N–H and O–H groups in total. The van der Waals surface area contributed by atoms with Crippen LogP contribution >= 0.6 is 23.2 Å². The van der Waals surface area contributed by atoms with E-state index in [1.807, 2.05) is 0 Å². The highest BCUT2D eigenvalue weighted by molar-refractivity contribution is 6.32. The number of halogens is 6. The molecule has 2 aromatic heterocycles. The SMILES string of the molecule is Cc1c(Cl)c(C(F)(F)F)nn1C(C)C(=O)Nc1ncn(Cc2ccc(F)cc2Cl)n1. The first-order valence-electron chi connectivity index (χ1n) is 8.43. The van der Waals surface area contributed by atoms with Gasteiger partial charge in [-0.15, -0.1) is 5.10 Å². The van der Waals surface area contributed by atoms with Crippen LogP contribution in [-0.4, -0.2) is 30.5 Å². The molecule has 0 saturated carbocycles. The second kappa shape index (κ2) is 8.23. The molecule has 3 aromatic rings. The number of benzene rings is 1. The topological polar surface area (TPSA) is 77.6 Å². The highest BCUT2D eigenvalue weighted by Gasteiger charge is 2.39. The van der Waals surface area contributed by atoms with Crippen molar-refractivity contribution < 1.29 is 22.4 Å². The molecule has 1 unspecified atom stereocenters. The van der Waals surface area contributed by atoms with E-state index in [1.54, 1.807) is 0 Å². The third kappa shape index (κ3) is 4.57. The van der Waals surface area contributed by atoms with Crippen LogP contribution in [0.15, 0.2) is 24.5 Å². The predicted molar refractivity (Wildman–Crippen MR) is 101 cm³/mol. The van der Waals surface area contributed by atoms with E-state index in [0.29, 0.717) is 5.56 Å². The van der Waals surface area contributed by atoms with Crippen LogP contribution in [0.5, 0.6) is 0 Å². The number of aromatic nitrogens is 5. The van der Waals surface area contributed by atoms with Gasteiger partial charge in [-0.3, -0.25) is 14.8 Å². The van der Waals surface area contributed by atoms with Crippen LogP contribution in [0.2, 0.25) is 10.0 Å². The third-order valence-corrected chi connectivity index (χ3v) is 5.02. The molecule has 0 radical (unpaired) electrons. The summed E-state index contributed by atoms with van der Waals surface area (Å²) in [6.45, 7) is 2.86. The van der Waals surface area contributed by atoms with E-state index in [9.17, 15) is 22.4 Å². The summed E-state index contributed by atoms with van der Waals surface area (Å²) in [5, 5.41) is 9.52. The summed E-state index contributed by atoms with van der Waals surface area (Å²) in [6.07, 6.45) is -3.43. The standard InChI is InChI=1S/C17H14Cl2F4N6O/c1-8-13(19)14(17(21,22)23)26-29(8)9(2)15(30)25-16-24-7-28(27-16)6-10-3-4-11(20)5-12(10)18/h3-5,7,9H,6H2,1-2H3,(H,25,27,30). The molecular formula is C17H14Cl2F4N6O. The summed E-state index contributed by atoms with van der Waals surface area (Å²) in [5.74, 6) is -1.24. The molecule has 0 fully saturated rings. The van der Waals surface area contributed by atoms with E-state index in [1.165, 1.54) is 37.0 Å².